The molecule has 2 fully saturated rings. The molecular weight excluding hydrogens is 300 g/mol. The van der Waals surface area contributed by atoms with Gasteiger partial charge in [0.05, 0.1) is 6.54 Å². The maximum Gasteiger partial charge on any atom is 0.236 e. The third-order valence-corrected chi connectivity index (χ3v) is 5.41. The molecule has 2 aliphatic rings. The van der Waals surface area contributed by atoms with E-state index in [4.69, 9.17) is 0 Å². The van der Waals surface area contributed by atoms with Crippen molar-refractivity contribution in [1.82, 2.24) is 20.0 Å². The Morgan fingerprint density at radius 2 is 2.00 bits per heavy atom. The Labute approximate surface area is 145 Å². The smallest absolute Gasteiger partial charge is 0.236 e. The number of carbonyl (C=O) groups is 1. The van der Waals surface area contributed by atoms with Crippen LogP contribution in [0.5, 0.6) is 0 Å². The van der Waals surface area contributed by atoms with Crippen LogP contribution in [-0.2, 0) is 11.3 Å². The number of rotatable bonds is 5. The lowest BCUT2D eigenvalue weighted by Crippen LogP contribution is -2.52. The molecule has 1 N–H and O–H groups in total. The van der Waals surface area contributed by atoms with Gasteiger partial charge in [-0.1, -0.05) is 24.3 Å². The molecule has 0 saturated carbocycles. The van der Waals surface area contributed by atoms with Crippen LogP contribution in [0.4, 0.5) is 0 Å². The lowest BCUT2D eigenvalue weighted by Gasteiger charge is -2.37. The number of carbonyl (C=O) groups excluding carboxylic acids is 1. The van der Waals surface area contributed by atoms with Crippen molar-refractivity contribution in [2.75, 3.05) is 52.9 Å². The summed E-state index contributed by atoms with van der Waals surface area (Å²) in [6, 6.07) is 8.99. The van der Waals surface area contributed by atoms with Crippen molar-refractivity contribution in [3.8, 4) is 0 Å². The van der Waals surface area contributed by atoms with E-state index >= 15 is 0 Å². The number of hydrogen-bond acceptors (Lipinski definition) is 4. The van der Waals surface area contributed by atoms with Crippen molar-refractivity contribution in [1.29, 1.82) is 0 Å². The van der Waals surface area contributed by atoms with Crippen LogP contribution in [0.2, 0.25) is 0 Å². The molecule has 24 heavy (non-hydrogen) atoms. The van der Waals surface area contributed by atoms with Gasteiger partial charge in [-0.25, -0.2) is 0 Å². The molecule has 5 nitrogen and oxygen atoms in total. The van der Waals surface area contributed by atoms with Gasteiger partial charge < -0.3 is 10.2 Å². The fourth-order valence-electron chi connectivity index (χ4n) is 3.68. The number of hydrogen-bond donors (Lipinski definition) is 1. The average Bonchev–Trinajstić information content (AvgIpc) is 3.12. The molecule has 0 spiro atoms. The molecule has 1 atom stereocenters. The molecule has 3 rings (SSSR count). The van der Waals surface area contributed by atoms with Crippen LogP contribution in [0, 0.1) is 6.92 Å². The summed E-state index contributed by atoms with van der Waals surface area (Å²) >= 11 is 0. The van der Waals surface area contributed by atoms with E-state index in [1.54, 1.807) is 0 Å². The summed E-state index contributed by atoms with van der Waals surface area (Å²) in [6.45, 7) is 9.78. The number of piperazine rings is 1. The highest BCUT2D eigenvalue weighted by Crippen LogP contribution is 2.13. The summed E-state index contributed by atoms with van der Waals surface area (Å²) in [6.07, 6.45) is 1.26. The number of nitrogens with one attached hydrogen (secondary N) is 1. The number of likely N-dealkylation sites (N-methyl/N-ethyl adjacent to an activating group) is 1. The van der Waals surface area contributed by atoms with Gasteiger partial charge in [0.25, 0.3) is 0 Å². The first-order chi connectivity index (χ1) is 11.6. The molecule has 1 aromatic rings. The van der Waals surface area contributed by atoms with E-state index in [0.717, 1.165) is 39.3 Å². The maximum atomic E-state index is 12.5. The first kappa shape index (κ1) is 17.4. The average molecular weight is 330 g/mol. The van der Waals surface area contributed by atoms with E-state index in [2.05, 4.69) is 34.2 Å². The molecule has 2 heterocycles. The van der Waals surface area contributed by atoms with E-state index in [1.165, 1.54) is 17.5 Å². The molecule has 1 unspecified atom stereocenters. The van der Waals surface area contributed by atoms with Gasteiger partial charge in [-0.05, 0) is 31.0 Å². The number of benzene rings is 1. The molecule has 132 valence electrons. The molecule has 0 bridgehead atoms. The number of aryl methyl sites for hydroxylation is 1. The topological polar surface area (TPSA) is 38.8 Å². The highest BCUT2D eigenvalue weighted by atomic mass is 16.2. The van der Waals surface area contributed by atoms with Crippen molar-refractivity contribution in [2.45, 2.75) is 25.9 Å². The minimum atomic E-state index is 0.217. The van der Waals surface area contributed by atoms with Crippen LogP contribution in [-0.4, -0.2) is 79.5 Å². The van der Waals surface area contributed by atoms with E-state index in [0.29, 0.717) is 19.1 Å². The van der Waals surface area contributed by atoms with E-state index in [-0.39, 0.29) is 5.91 Å². The van der Waals surface area contributed by atoms with Gasteiger partial charge in [0.2, 0.25) is 5.91 Å². The summed E-state index contributed by atoms with van der Waals surface area (Å²) in [5.74, 6) is 0.217. The zero-order valence-corrected chi connectivity index (χ0v) is 15.0. The molecule has 0 aliphatic carbocycles. The van der Waals surface area contributed by atoms with Crippen LogP contribution in [0.25, 0.3) is 0 Å². The van der Waals surface area contributed by atoms with E-state index in [1.807, 2.05) is 24.1 Å². The maximum absolute atomic E-state index is 12.5. The van der Waals surface area contributed by atoms with Gasteiger partial charge in [-0.2, -0.15) is 0 Å². The Hall–Kier alpha value is -1.43. The van der Waals surface area contributed by atoms with E-state index in [9.17, 15) is 4.79 Å². The van der Waals surface area contributed by atoms with Gasteiger partial charge in [-0.15, -0.1) is 0 Å². The second kappa shape index (κ2) is 8.10. The summed E-state index contributed by atoms with van der Waals surface area (Å²) in [4.78, 5) is 19.3. The fraction of sp³-hybridized carbons (Fsp3) is 0.632. The highest BCUT2D eigenvalue weighted by Gasteiger charge is 2.27. The Bertz CT molecular complexity index is 548. The summed E-state index contributed by atoms with van der Waals surface area (Å²) in [5, 5.41) is 3.44. The highest BCUT2D eigenvalue weighted by molar-refractivity contribution is 5.78. The van der Waals surface area contributed by atoms with Gasteiger partial charge in [-0.3, -0.25) is 14.6 Å². The second-order valence-electron chi connectivity index (χ2n) is 7.14. The molecule has 2 saturated heterocycles. The molecule has 5 heteroatoms. The standard InChI is InChI=1S/C19H30N4O/c1-16-5-3-4-6-17(16)14-21(2)19(24)15-22-9-11-23(12-10-22)18-7-8-20-13-18/h3-6,18,20H,7-15H2,1-2H3. The van der Waals surface area contributed by atoms with Gasteiger partial charge in [0, 0.05) is 52.4 Å². The van der Waals surface area contributed by atoms with E-state index < -0.39 is 0 Å². The minimum absolute atomic E-state index is 0.217. The predicted octanol–water partition coefficient (Wildman–Crippen LogP) is 0.933. The van der Waals surface area contributed by atoms with Crippen LogP contribution >= 0.6 is 0 Å². The van der Waals surface area contributed by atoms with Gasteiger partial charge >= 0.3 is 0 Å². The van der Waals surface area contributed by atoms with Crippen LogP contribution in [0.15, 0.2) is 24.3 Å². The van der Waals surface area contributed by atoms with Gasteiger partial charge in [0.15, 0.2) is 0 Å². The third kappa shape index (κ3) is 4.35. The molecule has 1 amide bonds. The Morgan fingerprint density at radius 1 is 1.25 bits per heavy atom. The SMILES string of the molecule is Cc1ccccc1CN(C)C(=O)CN1CCN(C2CCNC2)CC1. The zero-order chi connectivity index (χ0) is 16.9. The van der Waals surface area contributed by atoms with Crippen molar-refractivity contribution in [3.05, 3.63) is 35.4 Å². The zero-order valence-electron chi connectivity index (χ0n) is 15.0. The predicted molar refractivity (Wildman–Crippen MR) is 96.9 cm³/mol. The summed E-state index contributed by atoms with van der Waals surface area (Å²) < 4.78 is 0. The normalized spacial score (nSPS) is 22.7. The van der Waals surface area contributed by atoms with Crippen molar-refractivity contribution >= 4 is 5.91 Å². The summed E-state index contributed by atoms with van der Waals surface area (Å²) in [5.41, 5.74) is 2.47. The van der Waals surface area contributed by atoms with Crippen LogP contribution < -0.4 is 5.32 Å². The molecule has 0 aromatic heterocycles. The molecule has 0 radical (unpaired) electrons. The van der Waals surface area contributed by atoms with Crippen LogP contribution in [0.1, 0.15) is 17.5 Å². The molecule has 1 aromatic carbocycles. The van der Waals surface area contributed by atoms with Gasteiger partial charge in [0.1, 0.15) is 0 Å². The summed E-state index contributed by atoms with van der Waals surface area (Å²) in [7, 11) is 1.91. The van der Waals surface area contributed by atoms with Crippen LogP contribution in [0.3, 0.4) is 0 Å². The number of nitrogens with zero attached hydrogens (tertiary/aromatic N) is 3. The minimum Gasteiger partial charge on any atom is -0.340 e. The Morgan fingerprint density at radius 3 is 2.67 bits per heavy atom. The first-order valence-corrected chi connectivity index (χ1v) is 9.09. The Kier molecular flexibility index (Phi) is 5.87. The largest absolute Gasteiger partial charge is 0.340 e. The molecular formula is C19H30N4O. The first-order valence-electron chi connectivity index (χ1n) is 9.09. The van der Waals surface area contributed by atoms with Crippen molar-refractivity contribution in [2.24, 2.45) is 0 Å². The Balaban J connectivity index is 1.44. The lowest BCUT2D eigenvalue weighted by molar-refractivity contribution is -0.132. The van der Waals surface area contributed by atoms with Crippen molar-refractivity contribution < 1.29 is 4.79 Å². The lowest BCUT2D eigenvalue weighted by atomic mass is 10.1. The van der Waals surface area contributed by atoms with Crippen molar-refractivity contribution in [3.63, 3.8) is 0 Å². The third-order valence-electron chi connectivity index (χ3n) is 5.41. The second-order valence-corrected chi connectivity index (χ2v) is 7.14. The number of amides is 1. The quantitative estimate of drug-likeness (QED) is 0.872. The fourth-order valence-corrected chi connectivity index (χ4v) is 3.68. The monoisotopic (exact) mass is 330 g/mol. The molecule has 2 aliphatic heterocycles.